The number of allylic oxidation sites excluding steroid dienone is 1. The number of carbonyl (C=O) groups is 2. The predicted octanol–water partition coefficient (Wildman–Crippen LogP) is 4.15. The predicted molar refractivity (Wildman–Crippen MR) is 129 cm³/mol. The third kappa shape index (κ3) is 4.71. The maximum absolute atomic E-state index is 12.8. The summed E-state index contributed by atoms with van der Waals surface area (Å²) in [4.78, 5) is 36.3. The van der Waals surface area contributed by atoms with Gasteiger partial charge in [-0.25, -0.2) is 9.79 Å². The van der Waals surface area contributed by atoms with Crippen LogP contribution in [0.4, 0.5) is 0 Å². The smallest absolute Gasteiger partial charge is 0.338 e. The number of methoxy groups -OCH3 is 1. The minimum atomic E-state index is -0.418. The Bertz CT molecular complexity index is 1190. The van der Waals surface area contributed by atoms with E-state index in [1.807, 2.05) is 55.3 Å². The number of fused-ring (bicyclic) bond motifs is 1. The molecule has 4 rings (SSSR count). The average Bonchev–Trinajstić information content (AvgIpc) is 3.19. The number of thioether (sulfide) groups is 1. The lowest BCUT2D eigenvalue weighted by Crippen LogP contribution is -2.38. The molecule has 1 amide bonds. The summed E-state index contributed by atoms with van der Waals surface area (Å²) < 4.78 is 5.12. The Morgan fingerprint density at radius 1 is 1.15 bits per heavy atom. The van der Waals surface area contributed by atoms with Crippen molar-refractivity contribution in [2.75, 3.05) is 7.11 Å². The molecule has 7 nitrogen and oxygen atoms in total. The SMILES string of the molecule is COC(=O)C1=C(C)N=C2SC=C(CC(=O)NCc3ccncc3)N2[C@@H]1c1ccc(C)cc1C. The molecule has 0 unspecified atom stereocenters. The van der Waals surface area contributed by atoms with Gasteiger partial charge in [-0.05, 0) is 55.0 Å². The van der Waals surface area contributed by atoms with Crippen LogP contribution in [0.3, 0.4) is 0 Å². The lowest BCUT2D eigenvalue weighted by Gasteiger charge is -2.37. The van der Waals surface area contributed by atoms with Crippen LogP contribution in [0, 0.1) is 13.8 Å². The largest absolute Gasteiger partial charge is 0.466 e. The zero-order chi connectivity index (χ0) is 23.5. The highest BCUT2D eigenvalue weighted by atomic mass is 32.2. The van der Waals surface area contributed by atoms with Crippen LogP contribution in [0.2, 0.25) is 0 Å². The van der Waals surface area contributed by atoms with E-state index in [1.54, 1.807) is 12.4 Å². The first-order valence-corrected chi connectivity index (χ1v) is 11.5. The van der Waals surface area contributed by atoms with Gasteiger partial charge in [-0.1, -0.05) is 35.5 Å². The first kappa shape index (κ1) is 22.8. The number of rotatable bonds is 6. The number of amides is 1. The Kier molecular flexibility index (Phi) is 6.65. The van der Waals surface area contributed by atoms with Crippen LogP contribution in [-0.4, -0.2) is 34.0 Å². The van der Waals surface area contributed by atoms with Crippen molar-refractivity contribution in [3.05, 3.63) is 87.4 Å². The number of carbonyl (C=O) groups excluding carboxylic acids is 2. The summed E-state index contributed by atoms with van der Waals surface area (Å²) in [6.07, 6.45) is 3.57. The van der Waals surface area contributed by atoms with Gasteiger partial charge in [0.25, 0.3) is 0 Å². The monoisotopic (exact) mass is 462 g/mol. The second-order valence-electron chi connectivity index (χ2n) is 8.05. The average molecular weight is 463 g/mol. The van der Waals surface area contributed by atoms with E-state index < -0.39 is 12.0 Å². The number of ether oxygens (including phenoxy) is 1. The zero-order valence-electron chi connectivity index (χ0n) is 19.1. The van der Waals surface area contributed by atoms with Crippen molar-refractivity contribution in [1.29, 1.82) is 0 Å². The number of nitrogens with zero attached hydrogens (tertiary/aromatic N) is 3. The molecule has 170 valence electrons. The summed E-state index contributed by atoms with van der Waals surface area (Å²) in [5.41, 5.74) is 6.08. The Balaban J connectivity index is 1.64. The van der Waals surface area contributed by atoms with Crippen LogP contribution < -0.4 is 5.32 Å². The fraction of sp³-hybridized carbons (Fsp3) is 0.280. The summed E-state index contributed by atoms with van der Waals surface area (Å²) in [6.45, 7) is 6.33. The number of amidine groups is 1. The number of esters is 1. The van der Waals surface area contributed by atoms with Crippen molar-refractivity contribution in [3.63, 3.8) is 0 Å². The van der Waals surface area contributed by atoms with Gasteiger partial charge in [-0.15, -0.1) is 0 Å². The standard InChI is InChI=1S/C25H26N4O3S/c1-15-5-6-20(16(2)11-15)23-22(24(31)32-4)17(3)28-25-29(23)19(14-33-25)12-21(30)27-13-18-7-9-26-10-8-18/h5-11,14,23H,12-13H2,1-4H3,(H,27,30)/t23-/m1/s1. The number of aromatic nitrogens is 1. The molecule has 0 radical (unpaired) electrons. The van der Waals surface area contributed by atoms with Gasteiger partial charge in [0.2, 0.25) is 5.91 Å². The number of hydrogen-bond acceptors (Lipinski definition) is 7. The highest BCUT2D eigenvalue weighted by Gasteiger charge is 2.41. The Labute approximate surface area is 197 Å². The van der Waals surface area contributed by atoms with Gasteiger partial charge in [0.05, 0.1) is 30.8 Å². The topological polar surface area (TPSA) is 83.9 Å². The lowest BCUT2D eigenvalue weighted by molar-refractivity contribution is -0.136. The Morgan fingerprint density at radius 3 is 2.61 bits per heavy atom. The van der Waals surface area contributed by atoms with Crippen LogP contribution in [-0.2, 0) is 20.9 Å². The van der Waals surface area contributed by atoms with Gasteiger partial charge in [0, 0.05) is 24.6 Å². The van der Waals surface area contributed by atoms with Crippen LogP contribution >= 0.6 is 11.8 Å². The second kappa shape index (κ2) is 9.62. The minimum absolute atomic E-state index is 0.106. The first-order chi connectivity index (χ1) is 15.9. The molecule has 3 heterocycles. The molecule has 2 aromatic rings. The van der Waals surface area contributed by atoms with E-state index in [1.165, 1.54) is 18.9 Å². The molecular weight excluding hydrogens is 436 g/mol. The molecule has 33 heavy (non-hydrogen) atoms. The van der Waals surface area contributed by atoms with Crippen molar-refractivity contribution in [2.24, 2.45) is 4.99 Å². The number of hydrogen-bond donors (Lipinski definition) is 1. The van der Waals surface area contributed by atoms with E-state index in [0.29, 0.717) is 17.8 Å². The fourth-order valence-electron chi connectivity index (χ4n) is 4.10. The molecule has 0 spiro atoms. The quantitative estimate of drug-likeness (QED) is 0.649. The van der Waals surface area contributed by atoms with Crippen LogP contribution in [0.1, 0.15) is 41.6 Å². The molecule has 8 heteroatoms. The van der Waals surface area contributed by atoms with Crippen molar-refractivity contribution in [1.82, 2.24) is 15.2 Å². The molecule has 0 bridgehead atoms. The molecule has 0 saturated carbocycles. The van der Waals surface area contributed by atoms with Crippen LogP contribution in [0.25, 0.3) is 0 Å². The van der Waals surface area contributed by atoms with E-state index in [0.717, 1.165) is 33.1 Å². The van der Waals surface area contributed by atoms with Crippen LogP contribution in [0.5, 0.6) is 0 Å². The summed E-state index contributed by atoms with van der Waals surface area (Å²) in [5, 5.41) is 5.65. The number of aryl methyl sites for hydroxylation is 2. The van der Waals surface area contributed by atoms with Gasteiger partial charge in [-0.2, -0.15) is 0 Å². The maximum atomic E-state index is 12.8. The molecule has 1 atom stereocenters. The highest BCUT2D eigenvalue weighted by Crippen LogP contribution is 2.45. The molecule has 2 aliphatic rings. The third-order valence-corrected chi connectivity index (χ3v) is 6.60. The minimum Gasteiger partial charge on any atom is -0.466 e. The second-order valence-corrected chi connectivity index (χ2v) is 8.89. The van der Waals surface area contributed by atoms with Crippen molar-refractivity contribution in [2.45, 2.75) is 39.8 Å². The van der Waals surface area contributed by atoms with E-state index in [-0.39, 0.29) is 12.3 Å². The summed E-state index contributed by atoms with van der Waals surface area (Å²) in [5.74, 6) is -0.524. The van der Waals surface area contributed by atoms with Crippen LogP contribution in [0.15, 0.2) is 70.1 Å². The molecule has 1 aromatic carbocycles. The Hall–Kier alpha value is -3.39. The molecular formula is C25H26N4O3S. The normalized spacial score (nSPS) is 17.3. The summed E-state index contributed by atoms with van der Waals surface area (Å²) in [7, 11) is 1.38. The molecule has 0 fully saturated rings. The molecule has 2 aliphatic heterocycles. The molecule has 0 saturated heterocycles. The van der Waals surface area contributed by atoms with Crippen molar-refractivity contribution in [3.8, 4) is 0 Å². The van der Waals surface area contributed by atoms with Crippen molar-refractivity contribution < 1.29 is 14.3 Å². The van der Waals surface area contributed by atoms with Crippen molar-refractivity contribution >= 4 is 28.8 Å². The van der Waals surface area contributed by atoms with E-state index >= 15 is 0 Å². The van der Waals surface area contributed by atoms with Gasteiger partial charge in [0.1, 0.15) is 0 Å². The number of pyridine rings is 1. The van der Waals surface area contributed by atoms with E-state index in [2.05, 4.69) is 21.4 Å². The molecule has 1 aromatic heterocycles. The zero-order valence-corrected chi connectivity index (χ0v) is 19.9. The molecule has 0 aliphatic carbocycles. The van der Waals surface area contributed by atoms with Gasteiger partial charge in [-0.3, -0.25) is 9.78 Å². The Morgan fingerprint density at radius 2 is 1.91 bits per heavy atom. The number of aliphatic imine (C=N–C) groups is 1. The first-order valence-electron chi connectivity index (χ1n) is 10.6. The van der Waals surface area contributed by atoms with E-state index in [4.69, 9.17) is 4.74 Å². The van der Waals surface area contributed by atoms with Gasteiger partial charge < -0.3 is 15.0 Å². The lowest BCUT2D eigenvalue weighted by atomic mass is 9.90. The molecule has 1 N–H and O–H groups in total. The highest BCUT2D eigenvalue weighted by molar-refractivity contribution is 8.16. The number of nitrogens with one attached hydrogen (secondary N) is 1. The van der Waals surface area contributed by atoms with E-state index in [9.17, 15) is 9.59 Å². The fourth-order valence-corrected chi connectivity index (χ4v) is 5.06. The van der Waals surface area contributed by atoms with Gasteiger partial charge in [0.15, 0.2) is 5.17 Å². The maximum Gasteiger partial charge on any atom is 0.338 e. The summed E-state index contributed by atoms with van der Waals surface area (Å²) in [6, 6.07) is 9.49. The third-order valence-electron chi connectivity index (χ3n) is 5.71. The summed E-state index contributed by atoms with van der Waals surface area (Å²) >= 11 is 1.46. The van der Waals surface area contributed by atoms with Gasteiger partial charge >= 0.3 is 5.97 Å². The number of benzene rings is 1.